The minimum Gasteiger partial charge on any atom is -0.481 e. The molecule has 1 saturated carbocycles. The number of carbonyl (C=O) groups is 2. The average molecular weight is 340 g/mol. The van der Waals surface area contributed by atoms with E-state index in [1.807, 2.05) is 24.3 Å². The van der Waals surface area contributed by atoms with Crippen LogP contribution in [0.2, 0.25) is 0 Å². The average Bonchev–Trinajstić information content (AvgIpc) is 2.33. The SMILES string of the molecule is CC1CC(C(=O)N[C@@H](CC(=O)O)c2cccc(Br)c2)C1. The van der Waals surface area contributed by atoms with Gasteiger partial charge >= 0.3 is 5.97 Å². The quantitative estimate of drug-likeness (QED) is 0.865. The fraction of sp³-hybridized carbons (Fsp3) is 0.467. The molecule has 1 amide bonds. The fourth-order valence-corrected chi connectivity index (χ4v) is 2.97. The third kappa shape index (κ3) is 3.82. The summed E-state index contributed by atoms with van der Waals surface area (Å²) in [5, 5.41) is 11.9. The number of halogens is 1. The standard InChI is InChI=1S/C15H18BrNO3/c1-9-5-11(6-9)15(20)17-13(8-14(18)19)10-3-2-4-12(16)7-10/h2-4,7,9,11,13H,5-6,8H2,1H3,(H,17,20)(H,18,19)/t9?,11?,13-/m0/s1. The normalized spacial score (nSPS) is 22.7. The minimum absolute atomic E-state index is 0.0330. The van der Waals surface area contributed by atoms with Crippen LogP contribution >= 0.6 is 15.9 Å². The van der Waals surface area contributed by atoms with Gasteiger partial charge in [0, 0.05) is 10.4 Å². The molecule has 2 rings (SSSR count). The topological polar surface area (TPSA) is 66.4 Å². The van der Waals surface area contributed by atoms with Crippen molar-refractivity contribution >= 4 is 27.8 Å². The summed E-state index contributed by atoms with van der Waals surface area (Å²) in [5.41, 5.74) is 0.808. The van der Waals surface area contributed by atoms with E-state index >= 15 is 0 Å². The first-order valence-electron chi connectivity index (χ1n) is 6.73. The Balaban J connectivity index is 2.07. The maximum Gasteiger partial charge on any atom is 0.305 e. The van der Waals surface area contributed by atoms with Gasteiger partial charge in [-0.15, -0.1) is 0 Å². The monoisotopic (exact) mass is 339 g/mol. The van der Waals surface area contributed by atoms with Gasteiger partial charge in [-0.3, -0.25) is 9.59 Å². The number of carbonyl (C=O) groups excluding carboxylic acids is 1. The number of aliphatic carboxylic acids is 1. The highest BCUT2D eigenvalue weighted by Crippen LogP contribution is 2.34. The van der Waals surface area contributed by atoms with Crippen molar-refractivity contribution in [2.45, 2.75) is 32.2 Å². The lowest BCUT2D eigenvalue weighted by Gasteiger charge is -2.32. The van der Waals surface area contributed by atoms with E-state index in [1.165, 1.54) is 0 Å². The highest BCUT2D eigenvalue weighted by atomic mass is 79.9. The highest BCUT2D eigenvalue weighted by Gasteiger charge is 2.32. The van der Waals surface area contributed by atoms with Crippen LogP contribution < -0.4 is 5.32 Å². The van der Waals surface area contributed by atoms with Gasteiger partial charge < -0.3 is 10.4 Å². The lowest BCUT2D eigenvalue weighted by Crippen LogP contribution is -2.40. The Morgan fingerprint density at radius 1 is 1.45 bits per heavy atom. The number of rotatable bonds is 5. The van der Waals surface area contributed by atoms with E-state index in [0.29, 0.717) is 5.92 Å². The zero-order valence-electron chi connectivity index (χ0n) is 11.3. The van der Waals surface area contributed by atoms with Gasteiger partial charge in [-0.25, -0.2) is 0 Å². The molecule has 0 heterocycles. The Morgan fingerprint density at radius 2 is 2.15 bits per heavy atom. The maximum atomic E-state index is 12.1. The second kappa shape index (κ2) is 6.39. The van der Waals surface area contributed by atoms with E-state index in [1.54, 1.807) is 0 Å². The molecule has 0 radical (unpaired) electrons. The molecule has 1 fully saturated rings. The zero-order chi connectivity index (χ0) is 14.7. The van der Waals surface area contributed by atoms with Crippen LogP contribution in [0, 0.1) is 11.8 Å². The molecule has 0 saturated heterocycles. The summed E-state index contributed by atoms with van der Waals surface area (Å²) < 4.78 is 0.872. The van der Waals surface area contributed by atoms with Crippen LogP contribution in [0.5, 0.6) is 0 Å². The summed E-state index contributed by atoms with van der Waals surface area (Å²) in [5.74, 6) is -0.324. The first kappa shape index (κ1) is 15.0. The Morgan fingerprint density at radius 3 is 2.70 bits per heavy atom. The van der Waals surface area contributed by atoms with Gasteiger partial charge in [0.05, 0.1) is 12.5 Å². The summed E-state index contributed by atoms with van der Waals surface area (Å²) in [4.78, 5) is 23.1. The molecule has 2 N–H and O–H groups in total. The molecule has 20 heavy (non-hydrogen) atoms. The van der Waals surface area contributed by atoms with Crippen LogP contribution in [0.4, 0.5) is 0 Å². The molecule has 0 aliphatic heterocycles. The van der Waals surface area contributed by atoms with Crippen LogP contribution in [0.3, 0.4) is 0 Å². The van der Waals surface area contributed by atoms with Crippen LogP contribution in [0.1, 0.15) is 37.8 Å². The molecule has 4 nitrogen and oxygen atoms in total. The smallest absolute Gasteiger partial charge is 0.305 e. The maximum absolute atomic E-state index is 12.1. The van der Waals surface area contributed by atoms with E-state index in [9.17, 15) is 9.59 Å². The van der Waals surface area contributed by atoms with Crippen molar-refractivity contribution in [2.24, 2.45) is 11.8 Å². The summed E-state index contributed by atoms with van der Waals surface area (Å²) in [7, 11) is 0. The first-order valence-corrected chi connectivity index (χ1v) is 7.52. The Kier molecular flexibility index (Phi) is 4.81. The number of carboxylic acids is 1. The van der Waals surface area contributed by atoms with Crippen molar-refractivity contribution in [1.29, 1.82) is 0 Å². The molecule has 1 aromatic carbocycles. The van der Waals surface area contributed by atoms with Crippen LogP contribution in [0.15, 0.2) is 28.7 Å². The largest absolute Gasteiger partial charge is 0.481 e. The van der Waals surface area contributed by atoms with E-state index < -0.39 is 12.0 Å². The van der Waals surface area contributed by atoms with E-state index in [-0.39, 0.29) is 18.2 Å². The molecule has 1 aliphatic carbocycles. The second-order valence-electron chi connectivity index (χ2n) is 5.49. The molecule has 1 atom stereocenters. The molecule has 0 aromatic heterocycles. The zero-order valence-corrected chi connectivity index (χ0v) is 12.9. The molecular formula is C15H18BrNO3. The van der Waals surface area contributed by atoms with Crippen molar-refractivity contribution in [3.63, 3.8) is 0 Å². The lowest BCUT2D eigenvalue weighted by atomic mass is 9.75. The molecule has 1 aliphatic rings. The summed E-state index contributed by atoms with van der Waals surface area (Å²) in [6.45, 7) is 2.12. The third-order valence-electron chi connectivity index (χ3n) is 3.69. The number of amides is 1. The lowest BCUT2D eigenvalue weighted by molar-refractivity contribution is -0.138. The number of nitrogens with one attached hydrogen (secondary N) is 1. The number of hydrogen-bond acceptors (Lipinski definition) is 2. The van der Waals surface area contributed by atoms with Crippen molar-refractivity contribution < 1.29 is 14.7 Å². The van der Waals surface area contributed by atoms with Crippen LogP contribution in [-0.4, -0.2) is 17.0 Å². The number of carboxylic acid groups (broad SMARTS) is 1. The molecule has 0 bridgehead atoms. The van der Waals surface area contributed by atoms with Gasteiger partial charge in [0.2, 0.25) is 5.91 Å². The van der Waals surface area contributed by atoms with E-state index in [0.717, 1.165) is 22.9 Å². The number of benzene rings is 1. The Hall–Kier alpha value is -1.36. The predicted octanol–water partition coefficient (Wildman–Crippen LogP) is 3.13. The van der Waals surface area contributed by atoms with Crippen molar-refractivity contribution in [3.8, 4) is 0 Å². The minimum atomic E-state index is -0.919. The van der Waals surface area contributed by atoms with Gasteiger partial charge in [-0.05, 0) is 36.5 Å². The van der Waals surface area contributed by atoms with Crippen LogP contribution in [0.25, 0.3) is 0 Å². The van der Waals surface area contributed by atoms with E-state index in [4.69, 9.17) is 5.11 Å². The molecule has 5 heteroatoms. The summed E-state index contributed by atoms with van der Waals surface area (Å²) in [6, 6.07) is 6.91. The summed E-state index contributed by atoms with van der Waals surface area (Å²) in [6.07, 6.45) is 1.68. The highest BCUT2D eigenvalue weighted by molar-refractivity contribution is 9.10. The van der Waals surface area contributed by atoms with Gasteiger partial charge in [0.1, 0.15) is 0 Å². The molecular weight excluding hydrogens is 322 g/mol. The molecule has 108 valence electrons. The molecule has 1 aromatic rings. The Bertz CT molecular complexity index is 512. The van der Waals surface area contributed by atoms with Crippen molar-refractivity contribution in [3.05, 3.63) is 34.3 Å². The van der Waals surface area contributed by atoms with Crippen molar-refractivity contribution in [1.82, 2.24) is 5.32 Å². The Labute approximate surface area is 126 Å². The second-order valence-corrected chi connectivity index (χ2v) is 6.40. The number of hydrogen-bond donors (Lipinski definition) is 2. The summed E-state index contributed by atoms with van der Waals surface area (Å²) >= 11 is 3.36. The fourth-order valence-electron chi connectivity index (χ4n) is 2.56. The molecule has 0 spiro atoms. The van der Waals surface area contributed by atoms with Gasteiger partial charge in [-0.1, -0.05) is 35.0 Å². The third-order valence-corrected chi connectivity index (χ3v) is 4.18. The van der Waals surface area contributed by atoms with Crippen molar-refractivity contribution in [2.75, 3.05) is 0 Å². The van der Waals surface area contributed by atoms with Gasteiger partial charge in [0.25, 0.3) is 0 Å². The van der Waals surface area contributed by atoms with Crippen LogP contribution in [-0.2, 0) is 9.59 Å². The van der Waals surface area contributed by atoms with Gasteiger partial charge in [0.15, 0.2) is 0 Å². The molecule has 0 unspecified atom stereocenters. The van der Waals surface area contributed by atoms with Gasteiger partial charge in [-0.2, -0.15) is 0 Å². The predicted molar refractivity (Wildman–Crippen MR) is 79.2 cm³/mol. The first-order chi connectivity index (χ1) is 9.45. The van der Waals surface area contributed by atoms with E-state index in [2.05, 4.69) is 28.2 Å².